The Kier molecular flexibility index (Phi) is 3.38. The minimum atomic E-state index is -0.305. The van der Waals surface area contributed by atoms with Crippen LogP contribution in [0.2, 0.25) is 0 Å². The molecule has 0 amide bonds. The Bertz CT molecular complexity index is 557. The molecular formula is C14H13FOS. The van der Waals surface area contributed by atoms with Gasteiger partial charge in [0.1, 0.15) is 5.82 Å². The third-order valence-corrected chi connectivity index (χ3v) is 3.72. The summed E-state index contributed by atoms with van der Waals surface area (Å²) in [4.78, 5) is 13.1. The number of ketones is 1. The second-order valence-corrected chi connectivity index (χ2v) is 4.83. The van der Waals surface area contributed by atoms with E-state index >= 15 is 0 Å². The fraction of sp³-hybridized carbons (Fsp3) is 0.214. The lowest BCUT2D eigenvalue weighted by Crippen LogP contribution is -2.04. The van der Waals surface area contributed by atoms with Crippen LogP contribution in [0.15, 0.2) is 29.6 Å². The van der Waals surface area contributed by atoms with Gasteiger partial charge in [0.25, 0.3) is 0 Å². The lowest BCUT2D eigenvalue weighted by molar-refractivity contribution is 0.104. The van der Waals surface area contributed by atoms with Crippen LogP contribution >= 0.6 is 11.3 Å². The van der Waals surface area contributed by atoms with Crippen molar-refractivity contribution in [1.29, 1.82) is 0 Å². The van der Waals surface area contributed by atoms with Crippen molar-refractivity contribution < 1.29 is 9.18 Å². The maximum Gasteiger partial charge on any atom is 0.203 e. The van der Waals surface area contributed by atoms with E-state index in [1.54, 1.807) is 13.0 Å². The molecule has 17 heavy (non-hydrogen) atoms. The van der Waals surface area contributed by atoms with Gasteiger partial charge in [0.15, 0.2) is 0 Å². The molecule has 1 aromatic carbocycles. The Morgan fingerprint density at radius 1 is 1.35 bits per heavy atom. The summed E-state index contributed by atoms with van der Waals surface area (Å²) in [5.74, 6) is -0.310. The topological polar surface area (TPSA) is 17.1 Å². The quantitative estimate of drug-likeness (QED) is 0.751. The minimum absolute atomic E-state index is 0.00523. The summed E-state index contributed by atoms with van der Waals surface area (Å²) in [5.41, 5.74) is 2.33. The Labute approximate surface area is 104 Å². The van der Waals surface area contributed by atoms with Crippen LogP contribution in [-0.4, -0.2) is 5.78 Å². The summed E-state index contributed by atoms with van der Waals surface area (Å²) < 4.78 is 13.0. The first-order chi connectivity index (χ1) is 8.13. The van der Waals surface area contributed by atoms with E-state index in [4.69, 9.17) is 0 Å². The molecule has 1 heterocycles. The van der Waals surface area contributed by atoms with Gasteiger partial charge in [0.2, 0.25) is 5.78 Å². The summed E-state index contributed by atoms with van der Waals surface area (Å²) in [5, 5.41) is 1.92. The zero-order valence-electron chi connectivity index (χ0n) is 9.79. The van der Waals surface area contributed by atoms with Crippen molar-refractivity contribution in [2.24, 2.45) is 0 Å². The predicted octanol–water partition coefficient (Wildman–Crippen LogP) is 3.99. The standard InChI is InChI=1S/C14H13FOS/c1-3-10-6-7-17-14(10)13(16)12-5-4-11(15)8-9(12)2/h4-8H,3H2,1-2H3. The van der Waals surface area contributed by atoms with E-state index in [1.807, 2.05) is 18.4 Å². The highest BCUT2D eigenvalue weighted by atomic mass is 32.1. The molecule has 0 saturated carbocycles. The number of carbonyl (C=O) groups is 1. The molecular weight excluding hydrogens is 235 g/mol. The fourth-order valence-electron chi connectivity index (χ4n) is 1.82. The number of thiophene rings is 1. The van der Waals surface area contributed by atoms with Crippen molar-refractivity contribution in [3.8, 4) is 0 Å². The summed E-state index contributed by atoms with van der Waals surface area (Å²) in [6.07, 6.45) is 0.838. The van der Waals surface area contributed by atoms with Gasteiger partial charge in [0.05, 0.1) is 4.88 Å². The van der Waals surface area contributed by atoms with E-state index in [0.717, 1.165) is 16.9 Å². The number of hydrogen-bond donors (Lipinski definition) is 0. The van der Waals surface area contributed by atoms with Crippen LogP contribution in [0.5, 0.6) is 0 Å². The van der Waals surface area contributed by atoms with Crippen molar-refractivity contribution in [3.63, 3.8) is 0 Å². The van der Waals surface area contributed by atoms with E-state index in [-0.39, 0.29) is 11.6 Å². The Hall–Kier alpha value is -1.48. The van der Waals surface area contributed by atoms with Crippen LogP contribution in [0, 0.1) is 12.7 Å². The smallest absolute Gasteiger partial charge is 0.203 e. The van der Waals surface area contributed by atoms with Crippen LogP contribution in [0.4, 0.5) is 4.39 Å². The van der Waals surface area contributed by atoms with Crippen molar-refractivity contribution in [2.45, 2.75) is 20.3 Å². The molecule has 0 bridgehead atoms. The zero-order chi connectivity index (χ0) is 12.4. The van der Waals surface area contributed by atoms with Gasteiger partial charge in [-0.25, -0.2) is 4.39 Å². The van der Waals surface area contributed by atoms with Crippen LogP contribution in [0.25, 0.3) is 0 Å². The molecule has 88 valence electrons. The van der Waals surface area contributed by atoms with Gasteiger partial charge in [-0.3, -0.25) is 4.79 Å². The fourth-order valence-corrected chi connectivity index (χ4v) is 2.77. The number of hydrogen-bond acceptors (Lipinski definition) is 2. The van der Waals surface area contributed by atoms with E-state index in [1.165, 1.54) is 23.5 Å². The highest BCUT2D eigenvalue weighted by Crippen LogP contribution is 2.23. The first kappa shape index (κ1) is 12.0. The van der Waals surface area contributed by atoms with Gasteiger partial charge in [-0.15, -0.1) is 11.3 Å². The van der Waals surface area contributed by atoms with Crippen LogP contribution in [0.3, 0.4) is 0 Å². The first-order valence-electron chi connectivity index (χ1n) is 5.50. The molecule has 0 unspecified atom stereocenters. The third-order valence-electron chi connectivity index (χ3n) is 2.77. The summed E-state index contributed by atoms with van der Waals surface area (Å²) in [6.45, 7) is 3.78. The van der Waals surface area contributed by atoms with Crippen LogP contribution in [-0.2, 0) is 6.42 Å². The van der Waals surface area contributed by atoms with Gasteiger partial charge in [-0.1, -0.05) is 6.92 Å². The SMILES string of the molecule is CCc1ccsc1C(=O)c1ccc(F)cc1C. The molecule has 3 heteroatoms. The molecule has 0 fully saturated rings. The molecule has 2 aromatic rings. The molecule has 0 saturated heterocycles. The van der Waals surface area contributed by atoms with E-state index in [0.29, 0.717) is 11.1 Å². The monoisotopic (exact) mass is 248 g/mol. The molecule has 0 N–H and O–H groups in total. The summed E-state index contributed by atoms with van der Waals surface area (Å²) in [6, 6.07) is 6.26. The number of halogens is 1. The van der Waals surface area contributed by atoms with Crippen molar-refractivity contribution in [1.82, 2.24) is 0 Å². The van der Waals surface area contributed by atoms with Gasteiger partial charge >= 0.3 is 0 Å². The first-order valence-corrected chi connectivity index (χ1v) is 6.38. The second-order valence-electron chi connectivity index (χ2n) is 3.92. The van der Waals surface area contributed by atoms with Crippen LogP contribution < -0.4 is 0 Å². The van der Waals surface area contributed by atoms with Gasteiger partial charge in [-0.2, -0.15) is 0 Å². The molecule has 0 aliphatic carbocycles. The molecule has 2 rings (SSSR count). The average molecular weight is 248 g/mol. The lowest BCUT2D eigenvalue weighted by atomic mass is 10.0. The van der Waals surface area contributed by atoms with E-state index in [2.05, 4.69) is 0 Å². The Morgan fingerprint density at radius 3 is 2.76 bits per heavy atom. The highest BCUT2D eigenvalue weighted by molar-refractivity contribution is 7.12. The van der Waals surface area contributed by atoms with Crippen molar-refractivity contribution >= 4 is 17.1 Å². The maximum absolute atomic E-state index is 13.0. The molecule has 0 spiro atoms. The van der Waals surface area contributed by atoms with Gasteiger partial charge < -0.3 is 0 Å². The van der Waals surface area contributed by atoms with Gasteiger partial charge in [0, 0.05) is 5.56 Å². The van der Waals surface area contributed by atoms with Crippen molar-refractivity contribution in [2.75, 3.05) is 0 Å². The number of carbonyl (C=O) groups excluding carboxylic acids is 1. The average Bonchev–Trinajstić information content (AvgIpc) is 2.76. The Balaban J connectivity index is 2.44. The summed E-state index contributed by atoms with van der Waals surface area (Å²) in [7, 11) is 0. The van der Waals surface area contributed by atoms with E-state index < -0.39 is 0 Å². The molecule has 0 aliphatic rings. The minimum Gasteiger partial charge on any atom is -0.288 e. The third kappa shape index (κ3) is 2.29. The highest BCUT2D eigenvalue weighted by Gasteiger charge is 2.16. The second kappa shape index (κ2) is 4.80. The molecule has 1 aromatic heterocycles. The normalized spacial score (nSPS) is 10.5. The van der Waals surface area contributed by atoms with Crippen molar-refractivity contribution in [3.05, 3.63) is 57.0 Å². The molecule has 0 aliphatic heterocycles. The largest absolute Gasteiger partial charge is 0.288 e. The molecule has 0 atom stereocenters. The number of rotatable bonds is 3. The molecule has 0 radical (unpaired) electrons. The Morgan fingerprint density at radius 2 is 2.12 bits per heavy atom. The van der Waals surface area contributed by atoms with Gasteiger partial charge in [-0.05, 0) is 54.1 Å². The predicted molar refractivity (Wildman–Crippen MR) is 68.3 cm³/mol. The van der Waals surface area contributed by atoms with E-state index in [9.17, 15) is 9.18 Å². The number of benzene rings is 1. The lowest BCUT2D eigenvalue weighted by Gasteiger charge is -2.05. The number of aryl methyl sites for hydroxylation is 2. The summed E-state index contributed by atoms with van der Waals surface area (Å²) >= 11 is 1.45. The molecule has 1 nitrogen and oxygen atoms in total. The maximum atomic E-state index is 13.0. The zero-order valence-corrected chi connectivity index (χ0v) is 10.6. The van der Waals surface area contributed by atoms with Crippen LogP contribution in [0.1, 0.15) is 33.3 Å².